The highest BCUT2D eigenvalue weighted by molar-refractivity contribution is 7.87. The number of carbonyl (C=O) groups is 1. The molecule has 8 heteroatoms. The zero-order chi connectivity index (χ0) is 11.9. The average molecular weight is 240 g/mol. The van der Waals surface area contributed by atoms with Crippen molar-refractivity contribution in [1.82, 2.24) is 9.61 Å². The summed E-state index contributed by atoms with van der Waals surface area (Å²) in [7, 11) is -4.00. The Hall–Kier alpha value is -0.860. The Labute approximate surface area is 89.3 Å². The molecule has 90 valence electrons. The van der Waals surface area contributed by atoms with Crippen molar-refractivity contribution in [3.63, 3.8) is 0 Å². The summed E-state index contributed by atoms with van der Waals surface area (Å²) in [5.74, 6) is 0.176. The summed E-state index contributed by atoms with van der Waals surface area (Å²) < 4.78 is 28.1. The fourth-order valence-corrected chi connectivity index (χ4v) is 1.11. The lowest BCUT2D eigenvalue weighted by atomic mass is 10.2. The molecule has 0 aliphatic heterocycles. The maximum Gasteiger partial charge on any atom is 0.421 e. The van der Waals surface area contributed by atoms with Crippen molar-refractivity contribution in [2.75, 3.05) is 13.2 Å². The Morgan fingerprint density at radius 2 is 2.00 bits per heavy atom. The molecule has 15 heavy (non-hydrogen) atoms. The number of hydrogen-bond donors (Lipinski definition) is 2. The van der Waals surface area contributed by atoms with Crippen LogP contribution in [0.2, 0.25) is 0 Å². The molecule has 7 nitrogen and oxygen atoms in total. The van der Waals surface area contributed by atoms with Crippen molar-refractivity contribution in [2.45, 2.75) is 20.8 Å². The molecule has 0 rings (SSSR count). The van der Waals surface area contributed by atoms with Gasteiger partial charge in [0.2, 0.25) is 0 Å². The van der Waals surface area contributed by atoms with E-state index in [0.717, 1.165) is 0 Å². The third-order valence-electron chi connectivity index (χ3n) is 1.08. The fraction of sp³-hybridized carbons (Fsp3) is 0.857. The van der Waals surface area contributed by atoms with Gasteiger partial charge in [0, 0.05) is 0 Å². The van der Waals surface area contributed by atoms with Crippen molar-refractivity contribution >= 4 is 16.3 Å². The number of nitrogens with one attached hydrogen (secondary N) is 2. The van der Waals surface area contributed by atoms with Gasteiger partial charge >= 0.3 is 16.3 Å². The van der Waals surface area contributed by atoms with Crippen LogP contribution in [0.3, 0.4) is 0 Å². The van der Waals surface area contributed by atoms with Gasteiger partial charge in [-0.25, -0.2) is 9.52 Å². The maximum atomic E-state index is 11.0. The van der Waals surface area contributed by atoms with E-state index in [-0.39, 0.29) is 19.1 Å². The molecule has 0 heterocycles. The molecule has 1 amide bonds. The second kappa shape index (κ2) is 6.59. The molecular formula is C7H16N2O5S. The largest absolute Gasteiger partial charge is 0.449 e. The molecule has 0 unspecified atom stereocenters. The minimum atomic E-state index is -4.00. The normalized spacial score (nSPS) is 11.5. The van der Waals surface area contributed by atoms with E-state index < -0.39 is 16.3 Å². The summed E-state index contributed by atoms with van der Waals surface area (Å²) in [6, 6.07) is 0. The standard InChI is InChI=1S/C7H16N2O5S/c1-4-13-7(10)8-15(11,12)9-14-5-6(2)3/h6,9H,4-5H2,1-3H3,(H,8,10). The fourth-order valence-electron chi connectivity index (χ4n) is 0.569. The molecular weight excluding hydrogens is 224 g/mol. The summed E-state index contributed by atoms with van der Waals surface area (Å²) in [4.78, 5) is 17.1. The minimum Gasteiger partial charge on any atom is -0.449 e. The van der Waals surface area contributed by atoms with Crippen LogP contribution < -0.4 is 9.61 Å². The number of hydrogen-bond acceptors (Lipinski definition) is 5. The van der Waals surface area contributed by atoms with E-state index in [0.29, 0.717) is 0 Å². The van der Waals surface area contributed by atoms with E-state index in [2.05, 4.69) is 9.57 Å². The van der Waals surface area contributed by atoms with Crippen molar-refractivity contribution in [1.29, 1.82) is 0 Å². The van der Waals surface area contributed by atoms with Crippen LogP contribution in [0.25, 0.3) is 0 Å². The number of amides is 1. The molecule has 0 atom stereocenters. The Bertz CT molecular complexity index is 288. The summed E-state index contributed by atoms with van der Waals surface area (Å²) in [5, 5.41) is 0. The van der Waals surface area contributed by atoms with E-state index in [1.54, 1.807) is 16.5 Å². The lowest BCUT2D eigenvalue weighted by molar-refractivity contribution is 0.0707. The molecule has 0 aromatic heterocycles. The zero-order valence-electron chi connectivity index (χ0n) is 8.94. The Balaban J connectivity index is 3.92. The van der Waals surface area contributed by atoms with Crippen molar-refractivity contribution < 1.29 is 22.8 Å². The molecule has 0 saturated carbocycles. The van der Waals surface area contributed by atoms with E-state index in [9.17, 15) is 13.2 Å². The molecule has 0 saturated heterocycles. The molecule has 0 aliphatic rings. The van der Waals surface area contributed by atoms with Gasteiger partial charge in [0.15, 0.2) is 0 Å². The van der Waals surface area contributed by atoms with Gasteiger partial charge in [0.1, 0.15) is 0 Å². The number of rotatable bonds is 6. The predicted molar refractivity (Wildman–Crippen MR) is 53.0 cm³/mol. The molecule has 2 N–H and O–H groups in total. The monoisotopic (exact) mass is 240 g/mol. The Morgan fingerprint density at radius 1 is 1.40 bits per heavy atom. The maximum absolute atomic E-state index is 11.0. The van der Waals surface area contributed by atoms with Crippen LogP contribution in [-0.4, -0.2) is 27.7 Å². The van der Waals surface area contributed by atoms with Gasteiger partial charge in [0.25, 0.3) is 0 Å². The van der Waals surface area contributed by atoms with Crippen LogP contribution in [0.5, 0.6) is 0 Å². The van der Waals surface area contributed by atoms with Crippen molar-refractivity contribution in [3.05, 3.63) is 0 Å². The molecule has 0 aromatic rings. The molecule has 0 radical (unpaired) electrons. The lowest BCUT2D eigenvalue weighted by Gasteiger charge is -2.09. The summed E-state index contributed by atoms with van der Waals surface area (Å²) in [6.07, 6.45) is -1.04. The van der Waals surface area contributed by atoms with E-state index in [1.807, 2.05) is 13.8 Å². The third-order valence-corrected chi connectivity index (χ3v) is 1.85. The summed E-state index contributed by atoms with van der Waals surface area (Å²) >= 11 is 0. The van der Waals surface area contributed by atoms with Gasteiger partial charge in [-0.05, 0) is 12.8 Å². The molecule has 0 spiro atoms. The van der Waals surface area contributed by atoms with Crippen LogP contribution in [0.4, 0.5) is 4.79 Å². The zero-order valence-corrected chi connectivity index (χ0v) is 9.76. The highest BCUT2D eigenvalue weighted by Gasteiger charge is 2.14. The van der Waals surface area contributed by atoms with Gasteiger partial charge in [0.05, 0.1) is 13.2 Å². The Morgan fingerprint density at radius 3 is 2.47 bits per heavy atom. The van der Waals surface area contributed by atoms with Gasteiger partial charge in [-0.3, -0.25) is 4.84 Å². The van der Waals surface area contributed by atoms with Crippen molar-refractivity contribution in [3.8, 4) is 0 Å². The van der Waals surface area contributed by atoms with Gasteiger partial charge in [-0.1, -0.05) is 18.7 Å². The van der Waals surface area contributed by atoms with Crippen LogP contribution in [-0.2, 0) is 19.8 Å². The minimum absolute atomic E-state index is 0.0915. The van der Waals surface area contributed by atoms with Crippen LogP contribution in [0.1, 0.15) is 20.8 Å². The predicted octanol–water partition coefficient (Wildman–Crippen LogP) is 0.154. The quantitative estimate of drug-likeness (QED) is 0.645. The Kier molecular flexibility index (Phi) is 6.21. The first-order valence-electron chi connectivity index (χ1n) is 4.45. The first-order chi connectivity index (χ1) is 6.87. The SMILES string of the molecule is CCOC(=O)NS(=O)(=O)NOCC(C)C. The third kappa shape index (κ3) is 8.16. The molecule has 0 bridgehead atoms. The lowest BCUT2D eigenvalue weighted by Crippen LogP contribution is -2.40. The van der Waals surface area contributed by atoms with Gasteiger partial charge in [-0.2, -0.15) is 8.42 Å². The summed E-state index contributed by atoms with van der Waals surface area (Å²) in [6.45, 7) is 5.58. The number of carbonyl (C=O) groups excluding carboxylic acids is 1. The number of ether oxygens (including phenoxy) is 1. The smallest absolute Gasteiger partial charge is 0.421 e. The van der Waals surface area contributed by atoms with Gasteiger partial charge < -0.3 is 4.74 Å². The first-order valence-corrected chi connectivity index (χ1v) is 5.93. The summed E-state index contributed by atoms with van der Waals surface area (Å²) in [5.41, 5.74) is 0. The highest BCUT2D eigenvalue weighted by atomic mass is 32.2. The van der Waals surface area contributed by atoms with Crippen LogP contribution >= 0.6 is 0 Å². The van der Waals surface area contributed by atoms with Crippen LogP contribution in [0.15, 0.2) is 0 Å². The highest BCUT2D eigenvalue weighted by Crippen LogP contribution is 1.91. The second-order valence-corrected chi connectivity index (χ2v) is 4.49. The molecule has 0 fully saturated rings. The van der Waals surface area contributed by atoms with Crippen molar-refractivity contribution in [2.24, 2.45) is 5.92 Å². The molecule has 0 aliphatic carbocycles. The van der Waals surface area contributed by atoms with E-state index in [1.165, 1.54) is 0 Å². The second-order valence-electron chi connectivity index (χ2n) is 3.11. The first kappa shape index (κ1) is 14.1. The van der Waals surface area contributed by atoms with Gasteiger partial charge in [-0.15, -0.1) is 0 Å². The van der Waals surface area contributed by atoms with E-state index >= 15 is 0 Å². The average Bonchev–Trinajstić information content (AvgIpc) is 2.01. The van der Waals surface area contributed by atoms with E-state index in [4.69, 9.17) is 0 Å². The molecule has 0 aromatic carbocycles. The topological polar surface area (TPSA) is 93.7 Å². The van der Waals surface area contributed by atoms with Crippen LogP contribution in [0, 0.1) is 5.92 Å².